The average Bonchev–Trinajstić information content (AvgIpc) is 2.96. The molecule has 0 unspecified atom stereocenters. The van der Waals surface area contributed by atoms with Crippen molar-refractivity contribution in [3.8, 4) is 0 Å². The summed E-state index contributed by atoms with van der Waals surface area (Å²) in [5.41, 5.74) is 3.10. The molecule has 0 N–H and O–H groups in total. The minimum absolute atomic E-state index is 0.0474. The average molecular weight is 665 g/mol. The number of ether oxygens (including phenoxy) is 2. The maximum absolute atomic E-state index is 13.3. The molecule has 0 amide bonds. The van der Waals surface area contributed by atoms with Crippen molar-refractivity contribution in [1.29, 1.82) is 0 Å². The largest absolute Gasteiger partial charge is 0.457 e. The molecule has 0 atom stereocenters. The Morgan fingerprint density at radius 3 is 1.23 bits per heavy atom. The van der Waals surface area contributed by atoms with Crippen molar-refractivity contribution in [2.45, 2.75) is 51.7 Å². The van der Waals surface area contributed by atoms with Gasteiger partial charge >= 0.3 is 11.9 Å². The lowest BCUT2D eigenvalue weighted by Gasteiger charge is -2.17. The van der Waals surface area contributed by atoms with Crippen LogP contribution in [-0.2, 0) is 35.5 Å². The summed E-state index contributed by atoms with van der Waals surface area (Å²) in [6.07, 6.45) is 5.10. The molecule has 0 saturated heterocycles. The number of benzene rings is 3. The van der Waals surface area contributed by atoms with Crippen LogP contribution in [0, 0.1) is 0 Å². The van der Waals surface area contributed by atoms with Crippen molar-refractivity contribution in [2.24, 2.45) is 0 Å². The Morgan fingerprint density at radius 1 is 0.525 bits per heavy atom. The summed E-state index contributed by atoms with van der Waals surface area (Å²) in [5.74, 6) is -0.609. The summed E-state index contributed by atoms with van der Waals surface area (Å²) in [7, 11) is 0. The third-order valence-electron chi connectivity index (χ3n) is 6.29. The van der Waals surface area contributed by atoms with E-state index in [1.807, 2.05) is 48.5 Å². The van der Waals surface area contributed by atoms with Gasteiger partial charge in [-0.2, -0.15) is 0 Å². The third kappa shape index (κ3) is 8.67. The molecule has 0 heterocycles. The van der Waals surface area contributed by atoms with E-state index >= 15 is 0 Å². The van der Waals surface area contributed by atoms with Gasteiger partial charge in [0, 0.05) is 11.8 Å². The zero-order chi connectivity index (χ0) is 29.1. The summed E-state index contributed by atoms with van der Waals surface area (Å²) < 4.78 is 11.2. The summed E-state index contributed by atoms with van der Waals surface area (Å²) in [6.45, 7) is -0.0948. The molecule has 0 bridgehead atoms. The summed E-state index contributed by atoms with van der Waals surface area (Å²) in [6, 6.07) is 15.2. The molecule has 0 aromatic heterocycles. The van der Waals surface area contributed by atoms with Gasteiger partial charge in [-0.15, -0.1) is 23.2 Å². The van der Waals surface area contributed by atoms with E-state index in [1.165, 1.54) is 0 Å². The highest BCUT2D eigenvalue weighted by Gasteiger charge is 2.31. The van der Waals surface area contributed by atoms with Crippen molar-refractivity contribution in [3.63, 3.8) is 0 Å². The first-order valence-electron chi connectivity index (χ1n) is 12.8. The molecule has 0 aliphatic rings. The van der Waals surface area contributed by atoms with Crippen LogP contribution in [0.2, 0.25) is 20.1 Å². The summed E-state index contributed by atoms with van der Waals surface area (Å²) >= 11 is 36.9. The van der Waals surface area contributed by atoms with Crippen LogP contribution in [0.4, 0.5) is 0 Å². The Hall–Kier alpha value is -1.66. The Labute approximate surface area is 264 Å². The molecule has 214 valence electrons. The highest BCUT2D eigenvalue weighted by molar-refractivity contribution is 6.54. The number of hydrogen-bond acceptors (Lipinski definition) is 4. The molecule has 0 fully saturated rings. The number of carbonyl (C=O) groups excluding carboxylic acids is 2. The van der Waals surface area contributed by atoms with E-state index in [0.29, 0.717) is 11.8 Å². The lowest BCUT2D eigenvalue weighted by molar-refractivity contribution is 0.0424. The molecule has 0 aliphatic heterocycles. The van der Waals surface area contributed by atoms with E-state index in [2.05, 4.69) is 0 Å². The van der Waals surface area contributed by atoms with Gasteiger partial charge in [0.1, 0.15) is 13.2 Å². The second-order valence-electron chi connectivity index (χ2n) is 8.99. The fourth-order valence-corrected chi connectivity index (χ4v) is 5.54. The fourth-order valence-electron chi connectivity index (χ4n) is 4.15. The number of alkyl halides is 2. The minimum atomic E-state index is -0.880. The first-order valence-corrected chi connectivity index (χ1v) is 15.3. The molecule has 0 saturated carbocycles. The van der Waals surface area contributed by atoms with E-state index in [1.54, 1.807) is 0 Å². The number of carbonyl (C=O) groups is 2. The molecular weight excluding hydrogens is 637 g/mol. The van der Waals surface area contributed by atoms with Gasteiger partial charge in [-0.05, 0) is 60.8 Å². The molecular formula is C30H28Cl6O4. The van der Waals surface area contributed by atoms with E-state index in [-0.39, 0.29) is 44.4 Å². The smallest absolute Gasteiger partial charge is 0.340 e. The Balaban J connectivity index is 1.84. The monoisotopic (exact) mass is 662 g/mol. The predicted molar refractivity (Wildman–Crippen MR) is 165 cm³/mol. The molecule has 3 aromatic rings. The zero-order valence-electron chi connectivity index (χ0n) is 21.6. The second kappa shape index (κ2) is 16.7. The van der Waals surface area contributed by atoms with Crippen molar-refractivity contribution >= 4 is 81.5 Å². The molecule has 10 heteroatoms. The number of hydrogen-bond donors (Lipinski definition) is 0. The highest BCUT2D eigenvalue weighted by Crippen LogP contribution is 2.42. The first kappa shape index (κ1) is 32.8. The van der Waals surface area contributed by atoms with Gasteiger partial charge in [-0.3, -0.25) is 0 Å². The van der Waals surface area contributed by atoms with E-state index in [0.717, 1.165) is 60.8 Å². The van der Waals surface area contributed by atoms with Gasteiger partial charge in [-0.1, -0.05) is 94.9 Å². The van der Waals surface area contributed by atoms with Crippen molar-refractivity contribution in [1.82, 2.24) is 0 Å². The van der Waals surface area contributed by atoms with Crippen molar-refractivity contribution < 1.29 is 19.1 Å². The Morgan fingerprint density at radius 2 is 0.875 bits per heavy atom. The maximum atomic E-state index is 13.3. The van der Waals surface area contributed by atoms with E-state index in [4.69, 9.17) is 79.1 Å². The molecule has 40 heavy (non-hydrogen) atoms. The molecule has 0 aliphatic carbocycles. The van der Waals surface area contributed by atoms with Crippen LogP contribution in [-0.4, -0.2) is 23.7 Å². The predicted octanol–water partition coefficient (Wildman–Crippen LogP) is 10.1. The van der Waals surface area contributed by atoms with Crippen LogP contribution in [0.5, 0.6) is 0 Å². The van der Waals surface area contributed by atoms with Gasteiger partial charge in [0.2, 0.25) is 0 Å². The first-order chi connectivity index (χ1) is 19.3. The van der Waals surface area contributed by atoms with Gasteiger partial charge < -0.3 is 9.47 Å². The van der Waals surface area contributed by atoms with Crippen LogP contribution in [0.25, 0.3) is 0 Å². The Bertz CT molecular complexity index is 1230. The van der Waals surface area contributed by atoms with Crippen LogP contribution in [0.1, 0.15) is 68.7 Å². The number of halogens is 6. The van der Waals surface area contributed by atoms with E-state index in [9.17, 15) is 9.59 Å². The van der Waals surface area contributed by atoms with E-state index < -0.39 is 11.9 Å². The molecule has 0 radical (unpaired) electrons. The Kier molecular flexibility index (Phi) is 13.7. The molecule has 0 spiro atoms. The summed E-state index contributed by atoms with van der Waals surface area (Å²) in [5, 5.41) is -0.819. The maximum Gasteiger partial charge on any atom is 0.340 e. The van der Waals surface area contributed by atoms with Gasteiger partial charge in [0.15, 0.2) is 0 Å². The minimum Gasteiger partial charge on any atom is -0.457 e. The van der Waals surface area contributed by atoms with Gasteiger partial charge in [-0.25, -0.2) is 9.59 Å². The quantitative estimate of drug-likeness (QED) is 0.0566. The topological polar surface area (TPSA) is 52.6 Å². The highest BCUT2D eigenvalue weighted by atomic mass is 35.5. The lowest BCUT2D eigenvalue weighted by Crippen LogP contribution is -2.17. The second-order valence-corrected chi connectivity index (χ2v) is 11.3. The number of aryl methyl sites for hydroxylation is 2. The standard InChI is InChI=1S/C30H28Cl6O4/c31-15-7-5-11-19-9-1-3-13-21(19)17-39-29(37)23-24(26(34)28(36)27(35)25(23)33)30(38)40-18-22-14-4-2-10-20(22)12-6-8-16-32/h1-4,9-10,13-14H,5-8,11-12,15-18H2. The molecule has 3 rings (SSSR count). The third-order valence-corrected chi connectivity index (χ3v) is 8.63. The number of unbranched alkanes of at least 4 members (excludes halogenated alkanes) is 2. The normalized spacial score (nSPS) is 10.9. The van der Waals surface area contributed by atoms with Crippen molar-refractivity contribution in [2.75, 3.05) is 11.8 Å². The van der Waals surface area contributed by atoms with Gasteiger partial charge in [0.25, 0.3) is 0 Å². The van der Waals surface area contributed by atoms with Crippen LogP contribution >= 0.6 is 69.6 Å². The lowest BCUT2D eigenvalue weighted by atomic mass is 10.0. The van der Waals surface area contributed by atoms with Gasteiger partial charge in [0.05, 0.1) is 31.2 Å². The zero-order valence-corrected chi connectivity index (χ0v) is 26.1. The fraction of sp³-hybridized carbons (Fsp3) is 0.333. The molecule has 4 nitrogen and oxygen atoms in total. The summed E-state index contributed by atoms with van der Waals surface area (Å²) in [4.78, 5) is 26.6. The SMILES string of the molecule is O=C(OCc1ccccc1CCCCCl)c1c(Cl)c(Cl)c(Cl)c(Cl)c1C(=O)OCc1ccccc1CCCCCl. The van der Waals surface area contributed by atoms with Crippen LogP contribution in [0.15, 0.2) is 48.5 Å². The number of esters is 2. The van der Waals surface area contributed by atoms with Crippen LogP contribution < -0.4 is 0 Å². The molecule has 3 aromatic carbocycles. The van der Waals surface area contributed by atoms with Crippen molar-refractivity contribution in [3.05, 3.63) is 102 Å². The van der Waals surface area contributed by atoms with Crippen LogP contribution in [0.3, 0.4) is 0 Å². The number of rotatable bonds is 14.